The molecule has 1 aliphatic carbocycles. The number of phenols is 2. The van der Waals surface area contributed by atoms with Crippen molar-refractivity contribution in [2.75, 3.05) is 88.1 Å². The van der Waals surface area contributed by atoms with Crippen LogP contribution in [-0.2, 0) is 10.0 Å². The van der Waals surface area contributed by atoms with E-state index >= 15 is 0 Å². The molecule has 3 saturated heterocycles. The fraction of sp³-hybridized carbons (Fsp3) is 0.355. The van der Waals surface area contributed by atoms with Gasteiger partial charge in [0.05, 0.1) is 6.26 Å². The third-order valence-electron chi connectivity index (χ3n) is 21.6. The number of anilines is 2. The molecule has 556 valence electrons. The number of rotatable bonds is 26. The molecule has 9 aromatic rings. The summed E-state index contributed by atoms with van der Waals surface area (Å²) < 4.78 is 26.0. The number of hydrogen-bond acceptors (Lipinski definition) is 11. The zero-order valence-corrected chi connectivity index (χ0v) is 63.7. The molecule has 0 spiro atoms. The molecule has 12 nitrogen and oxygen atoms in total. The predicted octanol–water partition coefficient (Wildman–Crippen LogP) is 18.5. The number of aliphatic hydroxyl groups excluding tert-OH is 3. The van der Waals surface area contributed by atoms with Gasteiger partial charge in [-0.15, -0.1) is 0 Å². The highest BCUT2D eigenvalue weighted by Gasteiger charge is 2.33. The van der Waals surface area contributed by atoms with Crippen LogP contribution in [0.5, 0.6) is 11.5 Å². The van der Waals surface area contributed by atoms with Crippen molar-refractivity contribution < 1.29 is 34.0 Å². The molecule has 13 heteroatoms. The van der Waals surface area contributed by atoms with Gasteiger partial charge in [-0.05, 0) is 286 Å². The Kier molecular flexibility index (Phi) is 28.5. The normalized spacial score (nSPS) is 16.5. The molecule has 0 amide bonds. The van der Waals surface area contributed by atoms with Crippen LogP contribution in [-0.4, -0.2) is 145 Å². The van der Waals surface area contributed by atoms with E-state index in [1.807, 2.05) is 66.7 Å². The van der Waals surface area contributed by atoms with Gasteiger partial charge in [0, 0.05) is 75.5 Å². The Bertz CT molecular complexity index is 4200. The highest BCUT2D eigenvalue weighted by molar-refractivity contribution is 7.92. The highest BCUT2D eigenvalue weighted by atomic mass is 32.2. The van der Waals surface area contributed by atoms with Crippen LogP contribution < -0.4 is 9.62 Å². The Hall–Kier alpha value is -8.89. The Balaban J connectivity index is 0.000000159. The Labute approximate surface area is 631 Å². The number of allylic oxidation sites excluding steroid dienone is 3. The van der Waals surface area contributed by atoms with Gasteiger partial charge in [-0.1, -0.05) is 188 Å². The molecule has 1 saturated carbocycles. The molecule has 0 unspecified atom stereocenters. The second kappa shape index (κ2) is 38.6. The Morgan fingerprint density at radius 2 is 0.689 bits per heavy atom. The van der Waals surface area contributed by atoms with E-state index in [0.717, 1.165) is 96.7 Å². The predicted molar refractivity (Wildman–Crippen MR) is 441 cm³/mol. The summed E-state index contributed by atoms with van der Waals surface area (Å²) in [4.78, 5) is 10.2. The molecular weight excluding hydrogens is 1330 g/mol. The Morgan fingerprint density at radius 3 is 1.01 bits per heavy atom. The largest absolute Gasteiger partial charge is 0.508 e. The molecular formula is C93H111N5O7S. The maximum absolute atomic E-state index is 11.7. The van der Waals surface area contributed by atoms with Gasteiger partial charge in [0.2, 0.25) is 10.0 Å². The maximum Gasteiger partial charge on any atom is 0.229 e. The SMILES string of the molecule is CC(C)N1CCC(c2ccc(/C(=C(/CCCO)c3ccccc3)c3ccc(O)cc3)cc2)CC1.CC(C)N1CCN(c2ccc(/C(=C(/CCCO)c3ccccc3)c3ccc(NS(C)(=O)=O)cc3)cc2)CC1.OCCC/C(=C(\c1ccc(O)cc1)c1ccc(C2CCN(C3CC3)CC2)cc1)c1ccccc1. The van der Waals surface area contributed by atoms with Gasteiger partial charge in [-0.2, -0.15) is 0 Å². The quantitative estimate of drug-likeness (QED) is 0.0287. The molecule has 0 radical (unpaired) electrons. The molecule has 3 aliphatic heterocycles. The summed E-state index contributed by atoms with van der Waals surface area (Å²) >= 11 is 0. The summed E-state index contributed by atoms with van der Waals surface area (Å²) in [5.41, 5.74) is 21.7. The fourth-order valence-electron chi connectivity index (χ4n) is 15.6. The summed E-state index contributed by atoms with van der Waals surface area (Å²) in [7, 11) is -3.36. The second-order valence-electron chi connectivity index (χ2n) is 29.5. The minimum atomic E-state index is -3.36. The van der Waals surface area contributed by atoms with Crippen molar-refractivity contribution in [1.82, 2.24) is 14.7 Å². The number of sulfonamides is 1. The van der Waals surface area contributed by atoms with Crippen molar-refractivity contribution >= 4 is 54.8 Å². The van der Waals surface area contributed by atoms with E-state index < -0.39 is 10.0 Å². The van der Waals surface area contributed by atoms with Crippen LogP contribution in [0.25, 0.3) is 33.4 Å². The van der Waals surface area contributed by atoms with Gasteiger partial charge in [-0.25, -0.2) is 8.42 Å². The van der Waals surface area contributed by atoms with Crippen LogP contribution in [0.4, 0.5) is 11.4 Å². The number of likely N-dealkylation sites (tertiary alicyclic amines) is 2. The molecule has 4 fully saturated rings. The van der Waals surface area contributed by atoms with E-state index in [0.29, 0.717) is 48.9 Å². The molecule has 0 bridgehead atoms. The molecule has 6 N–H and O–H groups in total. The van der Waals surface area contributed by atoms with E-state index in [2.05, 4.69) is 185 Å². The van der Waals surface area contributed by atoms with Crippen molar-refractivity contribution in [1.29, 1.82) is 0 Å². The molecule has 13 rings (SSSR count). The van der Waals surface area contributed by atoms with Crippen molar-refractivity contribution in [2.24, 2.45) is 0 Å². The first-order chi connectivity index (χ1) is 51.5. The lowest BCUT2D eigenvalue weighted by Gasteiger charge is -2.38. The number of piperidine rings is 2. The first-order valence-electron chi connectivity index (χ1n) is 38.7. The standard InChI is InChI=1S/C31H39N3O3S.C31H35NO2.C31H37NO2/c1-24(2)33-19-21-34(22-20-33)29-17-13-27(14-18-29)31(26-11-15-28(16-12-26)32-38(3,36)37)30(10-7-23-35)25-8-5-4-6-9-25;33-22-4-7-30(25-5-2-1-3-6-25)31(27-12-16-29(34)17-13-27)26-10-8-23(9-11-26)24-18-20-32(21-19-24)28-14-15-28;1-23(2)32-20-18-25(19-21-32)24-10-12-27(13-11-24)31(28-14-16-29(34)17-15-28)30(9-6-22-33)26-7-4-3-5-8-26/h4-6,8-9,11-18,24,32,35H,7,10,19-23H2,1-3H3;1-3,5-6,8-13,16-17,24,28,33-34H,4,7,14-15,18-22H2;3-5,7-8,10-17,23,25,33-34H,6,9,18-22H2,1-2H3/b31-30-;2*31-30+. The monoisotopic (exact) mass is 1440 g/mol. The van der Waals surface area contributed by atoms with Crippen LogP contribution in [0.1, 0.15) is 178 Å². The van der Waals surface area contributed by atoms with E-state index in [4.69, 9.17) is 0 Å². The fourth-order valence-corrected chi connectivity index (χ4v) is 16.2. The number of benzene rings is 9. The van der Waals surface area contributed by atoms with Crippen LogP contribution in [0.15, 0.2) is 237 Å². The third-order valence-corrected chi connectivity index (χ3v) is 22.2. The van der Waals surface area contributed by atoms with E-state index in [1.54, 1.807) is 36.4 Å². The first-order valence-corrected chi connectivity index (χ1v) is 40.6. The van der Waals surface area contributed by atoms with E-state index in [-0.39, 0.29) is 31.3 Å². The van der Waals surface area contributed by atoms with Crippen molar-refractivity contribution in [3.8, 4) is 11.5 Å². The van der Waals surface area contributed by atoms with Gasteiger partial charge in [0.25, 0.3) is 0 Å². The number of aromatic hydroxyl groups is 2. The molecule has 4 aliphatic rings. The van der Waals surface area contributed by atoms with E-state index in [9.17, 15) is 34.0 Å². The minimum Gasteiger partial charge on any atom is -0.508 e. The van der Waals surface area contributed by atoms with Crippen LogP contribution >= 0.6 is 0 Å². The highest BCUT2D eigenvalue weighted by Crippen LogP contribution is 2.42. The van der Waals surface area contributed by atoms with Gasteiger partial charge >= 0.3 is 0 Å². The first kappa shape index (κ1) is 78.2. The van der Waals surface area contributed by atoms with Crippen LogP contribution in [0.3, 0.4) is 0 Å². The average molecular weight is 1440 g/mol. The zero-order valence-electron chi connectivity index (χ0n) is 62.9. The topological polar surface area (TPSA) is 160 Å². The molecule has 0 aromatic heterocycles. The smallest absolute Gasteiger partial charge is 0.229 e. The second-order valence-corrected chi connectivity index (χ2v) is 31.3. The average Bonchev–Trinajstić information content (AvgIpc) is 1.36. The number of hydrogen-bond donors (Lipinski definition) is 6. The minimum absolute atomic E-state index is 0.113. The summed E-state index contributed by atoms with van der Waals surface area (Å²) in [5, 5.41) is 48.6. The summed E-state index contributed by atoms with van der Waals surface area (Å²) in [6, 6.07) is 82.9. The molecule has 0 atom stereocenters. The number of aliphatic hydroxyl groups is 3. The summed E-state index contributed by atoms with van der Waals surface area (Å²) in [6.45, 7) is 18.5. The van der Waals surface area contributed by atoms with Gasteiger partial charge in [-0.3, -0.25) is 9.62 Å². The Morgan fingerprint density at radius 1 is 0.377 bits per heavy atom. The lowest BCUT2D eigenvalue weighted by molar-refractivity contribution is 0.172. The maximum atomic E-state index is 11.7. The molecule has 106 heavy (non-hydrogen) atoms. The molecule has 3 heterocycles. The number of phenolic OH excluding ortho intramolecular Hbond substituents is 2. The van der Waals surface area contributed by atoms with Crippen LogP contribution in [0.2, 0.25) is 0 Å². The zero-order chi connectivity index (χ0) is 74.4. The van der Waals surface area contributed by atoms with Gasteiger partial charge in [0.15, 0.2) is 0 Å². The lowest BCUT2D eigenvalue weighted by atomic mass is 9.85. The summed E-state index contributed by atoms with van der Waals surface area (Å²) in [6.07, 6.45) is 13.2. The van der Waals surface area contributed by atoms with Crippen LogP contribution in [0, 0.1) is 0 Å². The number of nitrogens with zero attached hydrogens (tertiary/aromatic N) is 4. The lowest BCUT2D eigenvalue weighted by Crippen LogP contribution is -2.48. The number of nitrogens with one attached hydrogen (secondary N) is 1. The summed E-state index contributed by atoms with van der Waals surface area (Å²) in [5.74, 6) is 1.80. The van der Waals surface area contributed by atoms with Crippen molar-refractivity contribution in [3.05, 3.63) is 298 Å². The number of piperazine rings is 1. The third kappa shape index (κ3) is 21.7. The van der Waals surface area contributed by atoms with Gasteiger partial charge in [0.1, 0.15) is 11.5 Å². The van der Waals surface area contributed by atoms with Crippen molar-refractivity contribution in [3.63, 3.8) is 0 Å². The van der Waals surface area contributed by atoms with E-state index in [1.165, 1.54) is 126 Å². The van der Waals surface area contributed by atoms with Crippen molar-refractivity contribution in [2.45, 2.75) is 135 Å². The van der Waals surface area contributed by atoms with Gasteiger partial charge < -0.3 is 40.2 Å². The molecule has 9 aromatic carbocycles.